The fourth-order valence-corrected chi connectivity index (χ4v) is 3.63. The Morgan fingerprint density at radius 1 is 0.808 bits per heavy atom. The number of fused-ring (bicyclic) bond motifs is 1. The number of Topliss-reactive ketones (excluding diaryl/α,β-unsaturated/α-hetero) is 2. The molecule has 0 spiro atoms. The fourth-order valence-electron chi connectivity index (χ4n) is 3.63. The minimum absolute atomic E-state index is 0.153. The fraction of sp³-hybridized carbons (Fsp3) is 0.136. The van der Waals surface area contributed by atoms with E-state index in [1.54, 1.807) is 43.5 Å². The molecule has 4 nitrogen and oxygen atoms in total. The van der Waals surface area contributed by atoms with Crippen LogP contribution in [-0.2, 0) is 12.0 Å². The molecular weight excluding hydrogens is 326 g/mol. The van der Waals surface area contributed by atoms with Crippen LogP contribution in [0.4, 0.5) is 0 Å². The molecule has 0 aliphatic heterocycles. The van der Waals surface area contributed by atoms with Crippen LogP contribution in [-0.4, -0.2) is 18.7 Å². The predicted molar refractivity (Wildman–Crippen MR) is 96.4 cm³/mol. The van der Waals surface area contributed by atoms with E-state index >= 15 is 0 Å². The maximum Gasteiger partial charge on any atom is 0.188 e. The average Bonchev–Trinajstić information content (AvgIpc) is 2.92. The van der Waals surface area contributed by atoms with E-state index in [-0.39, 0.29) is 18.1 Å². The monoisotopic (exact) mass is 344 g/mol. The van der Waals surface area contributed by atoms with Gasteiger partial charge < -0.3 is 4.74 Å². The molecule has 0 bridgehead atoms. The lowest BCUT2D eigenvalue weighted by atomic mass is 9.75. The van der Waals surface area contributed by atoms with Crippen molar-refractivity contribution in [2.24, 2.45) is 0 Å². The summed E-state index contributed by atoms with van der Waals surface area (Å²) < 4.78 is 7.10. The molecule has 0 atom stereocenters. The summed E-state index contributed by atoms with van der Waals surface area (Å²) in [6.45, 7) is 0.256. The molecule has 128 valence electrons. The van der Waals surface area contributed by atoms with Crippen LogP contribution < -0.4 is 9.30 Å². The molecule has 2 aromatic carbocycles. The second kappa shape index (κ2) is 6.23. The first-order valence-corrected chi connectivity index (χ1v) is 8.44. The number of pyridine rings is 1. The van der Waals surface area contributed by atoms with Crippen molar-refractivity contribution in [3.8, 4) is 5.75 Å². The Bertz CT molecular complexity index is 943. The molecule has 0 N–H and O–H groups in total. The zero-order valence-electron chi connectivity index (χ0n) is 14.4. The summed E-state index contributed by atoms with van der Waals surface area (Å²) in [7, 11) is 1.59. The van der Waals surface area contributed by atoms with Gasteiger partial charge in [-0.05, 0) is 17.7 Å². The van der Waals surface area contributed by atoms with E-state index in [1.807, 2.05) is 47.3 Å². The molecule has 1 heterocycles. The van der Waals surface area contributed by atoms with Crippen LogP contribution in [0.3, 0.4) is 0 Å². The summed E-state index contributed by atoms with van der Waals surface area (Å²) in [4.78, 5) is 26.8. The van der Waals surface area contributed by atoms with Gasteiger partial charge in [0.05, 0.1) is 7.11 Å². The first-order valence-electron chi connectivity index (χ1n) is 8.44. The zero-order valence-corrected chi connectivity index (χ0v) is 14.4. The molecular formula is C22H18NO3+. The third-order valence-corrected chi connectivity index (χ3v) is 4.97. The molecule has 0 amide bonds. The normalized spacial score (nSPS) is 15.0. The number of hydrogen-bond acceptors (Lipinski definition) is 3. The molecule has 0 fully saturated rings. The van der Waals surface area contributed by atoms with Crippen LogP contribution in [0.25, 0.3) is 0 Å². The van der Waals surface area contributed by atoms with E-state index in [1.165, 1.54) is 0 Å². The number of ether oxygens (including phenoxy) is 1. The molecule has 4 rings (SSSR count). The lowest BCUT2D eigenvalue weighted by molar-refractivity contribution is -0.700. The molecule has 0 saturated carbocycles. The van der Waals surface area contributed by atoms with Crippen LogP contribution in [0.1, 0.15) is 26.3 Å². The van der Waals surface area contributed by atoms with Gasteiger partial charge in [-0.3, -0.25) is 9.59 Å². The molecule has 0 radical (unpaired) electrons. The van der Waals surface area contributed by atoms with Gasteiger partial charge in [0.1, 0.15) is 5.75 Å². The highest BCUT2D eigenvalue weighted by Gasteiger charge is 2.56. The van der Waals surface area contributed by atoms with Gasteiger partial charge in [0.2, 0.25) is 0 Å². The topological polar surface area (TPSA) is 47.2 Å². The SMILES string of the molecule is COc1ccc(C2(C[n+]3ccccc3)C(=O)c3ccccc3C2=O)cc1. The van der Waals surface area contributed by atoms with E-state index in [0.717, 1.165) is 0 Å². The summed E-state index contributed by atoms with van der Waals surface area (Å²) in [5.41, 5.74) is 0.401. The number of methoxy groups -OCH3 is 1. The Balaban J connectivity index is 1.90. The van der Waals surface area contributed by atoms with Crippen LogP contribution in [0.5, 0.6) is 5.75 Å². The van der Waals surface area contributed by atoms with Crippen LogP contribution in [0.15, 0.2) is 79.1 Å². The number of carbonyl (C=O) groups excluding carboxylic acids is 2. The zero-order chi connectivity index (χ0) is 18.1. The Morgan fingerprint density at radius 3 is 1.92 bits per heavy atom. The van der Waals surface area contributed by atoms with Crippen molar-refractivity contribution in [1.29, 1.82) is 0 Å². The van der Waals surface area contributed by atoms with Gasteiger partial charge in [0, 0.05) is 23.3 Å². The Hall–Kier alpha value is -3.27. The highest BCUT2D eigenvalue weighted by Crippen LogP contribution is 2.40. The van der Waals surface area contributed by atoms with E-state index in [4.69, 9.17) is 4.74 Å². The standard InChI is InChI=1S/C22H18NO3/c1-26-17-11-9-16(10-12-17)22(15-23-13-5-2-6-14-23)20(24)18-7-3-4-8-19(18)21(22)25/h2-14H,15H2,1H3/q+1. The van der Waals surface area contributed by atoms with Gasteiger partial charge in [0.25, 0.3) is 0 Å². The largest absolute Gasteiger partial charge is 0.497 e. The van der Waals surface area contributed by atoms with Gasteiger partial charge in [-0.2, -0.15) is 0 Å². The molecule has 1 aliphatic carbocycles. The first-order chi connectivity index (χ1) is 12.7. The Morgan fingerprint density at radius 2 is 1.38 bits per heavy atom. The van der Waals surface area contributed by atoms with Crippen LogP contribution in [0.2, 0.25) is 0 Å². The second-order valence-corrected chi connectivity index (χ2v) is 6.39. The molecule has 1 aromatic heterocycles. The predicted octanol–water partition coefficient (Wildman–Crippen LogP) is 3.00. The summed E-state index contributed by atoms with van der Waals surface area (Å²) >= 11 is 0. The second-order valence-electron chi connectivity index (χ2n) is 6.39. The third kappa shape index (κ3) is 2.34. The van der Waals surface area contributed by atoms with Gasteiger partial charge in [-0.1, -0.05) is 42.5 Å². The van der Waals surface area contributed by atoms with Crippen molar-refractivity contribution in [3.05, 3.63) is 95.8 Å². The molecule has 4 heteroatoms. The summed E-state index contributed by atoms with van der Waals surface area (Å²) in [5.74, 6) is 0.380. The highest BCUT2D eigenvalue weighted by atomic mass is 16.5. The summed E-state index contributed by atoms with van der Waals surface area (Å²) in [6, 6.07) is 19.9. The van der Waals surface area contributed by atoms with Crippen molar-refractivity contribution in [3.63, 3.8) is 0 Å². The van der Waals surface area contributed by atoms with Gasteiger partial charge in [-0.25, -0.2) is 4.57 Å². The van der Waals surface area contributed by atoms with Crippen molar-refractivity contribution in [1.82, 2.24) is 0 Å². The number of hydrogen-bond donors (Lipinski definition) is 0. The number of rotatable bonds is 4. The minimum Gasteiger partial charge on any atom is -0.497 e. The van der Waals surface area contributed by atoms with E-state index < -0.39 is 5.41 Å². The van der Waals surface area contributed by atoms with Crippen LogP contribution in [0, 0.1) is 0 Å². The lowest BCUT2D eigenvalue weighted by Gasteiger charge is -2.23. The van der Waals surface area contributed by atoms with Gasteiger partial charge in [0.15, 0.2) is 35.9 Å². The lowest BCUT2D eigenvalue weighted by Crippen LogP contribution is -2.52. The van der Waals surface area contributed by atoms with E-state index in [0.29, 0.717) is 22.4 Å². The van der Waals surface area contributed by atoms with Crippen molar-refractivity contribution in [2.75, 3.05) is 7.11 Å². The molecule has 0 unspecified atom stereocenters. The average molecular weight is 344 g/mol. The van der Waals surface area contributed by atoms with Crippen molar-refractivity contribution >= 4 is 11.6 Å². The highest BCUT2D eigenvalue weighted by molar-refractivity contribution is 6.33. The third-order valence-electron chi connectivity index (χ3n) is 4.97. The molecule has 26 heavy (non-hydrogen) atoms. The Kier molecular flexibility index (Phi) is 3.88. The maximum absolute atomic E-state index is 13.4. The van der Waals surface area contributed by atoms with E-state index in [9.17, 15) is 9.59 Å². The number of carbonyl (C=O) groups is 2. The van der Waals surface area contributed by atoms with Crippen molar-refractivity contribution < 1.29 is 18.9 Å². The Labute approximate surface area is 151 Å². The minimum atomic E-state index is -1.26. The maximum atomic E-state index is 13.4. The first kappa shape index (κ1) is 16.2. The number of aromatic nitrogens is 1. The molecule has 0 saturated heterocycles. The van der Waals surface area contributed by atoms with Gasteiger partial charge >= 0.3 is 0 Å². The van der Waals surface area contributed by atoms with Gasteiger partial charge in [-0.15, -0.1) is 0 Å². The quantitative estimate of drug-likeness (QED) is 0.540. The molecule has 1 aliphatic rings. The van der Waals surface area contributed by atoms with E-state index in [2.05, 4.69) is 0 Å². The van der Waals surface area contributed by atoms with Crippen molar-refractivity contribution in [2.45, 2.75) is 12.0 Å². The summed E-state index contributed by atoms with van der Waals surface area (Å²) in [6.07, 6.45) is 3.74. The smallest absolute Gasteiger partial charge is 0.188 e. The van der Waals surface area contributed by atoms with Crippen LogP contribution >= 0.6 is 0 Å². The number of ketones is 2. The summed E-state index contributed by atoms with van der Waals surface area (Å²) in [5, 5.41) is 0. The number of benzene rings is 2. The molecule has 3 aromatic rings. The number of nitrogens with zero attached hydrogens (tertiary/aromatic N) is 1.